The van der Waals surface area contributed by atoms with E-state index in [4.69, 9.17) is 0 Å². The van der Waals surface area contributed by atoms with Gasteiger partial charge in [0.1, 0.15) is 11.6 Å². The first-order chi connectivity index (χ1) is 11.2. The second-order valence-electron chi connectivity index (χ2n) is 5.61. The minimum absolute atomic E-state index is 0.620. The van der Waals surface area contributed by atoms with Gasteiger partial charge in [-0.3, -0.25) is 0 Å². The highest BCUT2D eigenvalue weighted by Gasteiger charge is 2.16. The van der Waals surface area contributed by atoms with Gasteiger partial charge in [-0.05, 0) is 11.6 Å². The van der Waals surface area contributed by atoms with Gasteiger partial charge in [0.15, 0.2) is 5.82 Å². The van der Waals surface area contributed by atoms with E-state index in [9.17, 15) is 5.26 Å². The minimum Gasteiger partial charge on any atom is -0.369 e. The number of hydrogen-bond donors (Lipinski definition) is 0. The maximum atomic E-state index is 9.61. The Morgan fingerprint density at radius 2 is 1.78 bits per heavy atom. The van der Waals surface area contributed by atoms with Crippen molar-refractivity contribution >= 4 is 23.1 Å². The zero-order valence-corrected chi connectivity index (χ0v) is 13.3. The number of aromatic nitrogens is 1. The summed E-state index contributed by atoms with van der Waals surface area (Å²) >= 11 is 0. The number of hydrogen-bond acceptors (Lipinski definition) is 2. The minimum atomic E-state index is 0.620. The van der Waals surface area contributed by atoms with Crippen LogP contribution in [-0.4, -0.2) is 29.9 Å². The van der Waals surface area contributed by atoms with Gasteiger partial charge in [0.2, 0.25) is 0 Å². The normalized spacial score (nSPS) is 11.0. The van der Waals surface area contributed by atoms with Crippen LogP contribution in [0.25, 0.3) is 10.9 Å². The van der Waals surface area contributed by atoms with Crippen LogP contribution in [0.15, 0.2) is 59.6 Å². The molecule has 114 valence electrons. The van der Waals surface area contributed by atoms with Crippen LogP contribution in [0.4, 0.5) is 5.82 Å². The van der Waals surface area contributed by atoms with Gasteiger partial charge in [0.25, 0.3) is 0 Å². The topological polar surface area (TPSA) is 44.3 Å². The van der Waals surface area contributed by atoms with E-state index in [1.807, 2.05) is 61.5 Å². The van der Waals surface area contributed by atoms with Crippen molar-refractivity contribution in [3.63, 3.8) is 0 Å². The molecule has 0 aliphatic heterocycles. The lowest BCUT2D eigenvalue weighted by Crippen LogP contribution is -2.08. The van der Waals surface area contributed by atoms with Gasteiger partial charge >= 0.3 is 0 Å². The Morgan fingerprint density at radius 3 is 2.48 bits per heavy atom. The fourth-order valence-electron chi connectivity index (χ4n) is 2.63. The number of aliphatic imine (C=N–C) groups is 1. The van der Waals surface area contributed by atoms with Crippen LogP contribution in [0.1, 0.15) is 11.1 Å². The Balaban J connectivity index is 2.21. The highest BCUT2D eigenvalue weighted by molar-refractivity contribution is 5.92. The van der Waals surface area contributed by atoms with Gasteiger partial charge in [0, 0.05) is 26.0 Å². The first-order valence-corrected chi connectivity index (χ1v) is 7.46. The molecule has 0 bridgehead atoms. The monoisotopic (exact) mass is 302 g/mol. The molecule has 1 heterocycles. The summed E-state index contributed by atoms with van der Waals surface area (Å²) in [6.07, 6.45) is 1.73. The summed E-state index contributed by atoms with van der Waals surface area (Å²) in [5, 5.41) is 10.6. The summed E-state index contributed by atoms with van der Waals surface area (Å²) in [6.45, 7) is 0.684. The Kier molecular flexibility index (Phi) is 4.11. The van der Waals surface area contributed by atoms with Crippen molar-refractivity contribution in [2.24, 2.45) is 4.99 Å². The van der Waals surface area contributed by atoms with E-state index in [0.29, 0.717) is 17.9 Å². The molecule has 3 rings (SSSR count). The van der Waals surface area contributed by atoms with Gasteiger partial charge in [-0.1, -0.05) is 48.5 Å². The van der Waals surface area contributed by atoms with Crippen LogP contribution in [0, 0.1) is 11.3 Å². The molecule has 0 radical (unpaired) electrons. The molecule has 0 spiro atoms. The summed E-state index contributed by atoms with van der Waals surface area (Å²) in [5.41, 5.74) is 2.83. The van der Waals surface area contributed by atoms with Crippen molar-refractivity contribution in [3.8, 4) is 6.07 Å². The van der Waals surface area contributed by atoms with E-state index in [1.54, 1.807) is 6.34 Å². The predicted molar refractivity (Wildman–Crippen MR) is 94.0 cm³/mol. The quantitative estimate of drug-likeness (QED) is 0.544. The van der Waals surface area contributed by atoms with E-state index < -0.39 is 0 Å². The Labute approximate surface area is 135 Å². The Bertz CT molecular complexity index is 883. The summed E-state index contributed by atoms with van der Waals surface area (Å²) in [7, 11) is 3.83. The second-order valence-corrected chi connectivity index (χ2v) is 5.61. The highest BCUT2D eigenvalue weighted by atomic mass is 15.1. The van der Waals surface area contributed by atoms with Gasteiger partial charge in [0.05, 0.1) is 11.9 Å². The SMILES string of the molecule is CN(C)/C=N/c1c(C#N)c2ccccc2n1Cc1ccccc1. The molecule has 0 N–H and O–H groups in total. The molecular weight excluding hydrogens is 284 g/mol. The van der Waals surface area contributed by atoms with Gasteiger partial charge < -0.3 is 9.47 Å². The van der Waals surface area contributed by atoms with Crippen LogP contribution >= 0.6 is 0 Å². The fraction of sp³-hybridized carbons (Fsp3) is 0.158. The molecule has 0 saturated carbocycles. The van der Waals surface area contributed by atoms with Crippen molar-refractivity contribution in [2.75, 3.05) is 14.1 Å². The number of benzene rings is 2. The number of nitrogens with zero attached hydrogens (tertiary/aromatic N) is 4. The van der Waals surface area contributed by atoms with Gasteiger partial charge in [-0.15, -0.1) is 0 Å². The first-order valence-electron chi connectivity index (χ1n) is 7.46. The maximum Gasteiger partial charge on any atom is 0.153 e. The molecule has 0 aliphatic rings. The molecule has 0 aliphatic carbocycles. The van der Waals surface area contributed by atoms with Crippen LogP contribution in [0.3, 0.4) is 0 Å². The van der Waals surface area contributed by atoms with Crippen molar-refractivity contribution in [1.29, 1.82) is 5.26 Å². The molecule has 1 aromatic heterocycles. The van der Waals surface area contributed by atoms with Crippen molar-refractivity contribution < 1.29 is 0 Å². The van der Waals surface area contributed by atoms with E-state index in [0.717, 1.165) is 10.9 Å². The average molecular weight is 302 g/mol. The highest BCUT2D eigenvalue weighted by Crippen LogP contribution is 2.32. The number of fused-ring (bicyclic) bond motifs is 1. The van der Waals surface area contributed by atoms with Gasteiger partial charge in [-0.25, -0.2) is 4.99 Å². The second kappa shape index (κ2) is 6.37. The third-order valence-electron chi connectivity index (χ3n) is 3.65. The standard InChI is InChI=1S/C19H18N4/c1-22(2)14-21-19-17(12-20)16-10-6-7-11-18(16)23(19)13-15-8-4-3-5-9-15/h3-11,14H,13H2,1-2H3/b21-14+. The number of rotatable bonds is 4. The van der Waals surface area contributed by atoms with Crippen molar-refractivity contribution in [2.45, 2.75) is 6.54 Å². The van der Waals surface area contributed by atoms with Crippen molar-refractivity contribution in [1.82, 2.24) is 9.47 Å². The summed E-state index contributed by atoms with van der Waals surface area (Å²) in [5.74, 6) is 0.700. The number of para-hydroxylation sites is 1. The zero-order chi connectivity index (χ0) is 16.2. The maximum absolute atomic E-state index is 9.61. The smallest absolute Gasteiger partial charge is 0.153 e. The zero-order valence-electron chi connectivity index (χ0n) is 13.3. The molecule has 0 unspecified atom stereocenters. The molecule has 0 fully saturated rings. The lowest BCUT2D eigenvalue weighted by atomic mass is 10.2. The first kappa shape index (κ1) is 14.9. The van der Waals surface area contributed by atoms with Crippen LogP contribution in [0.2, 0.25) is 0 Å². The lowest BCUT2D eigenvalue weighted by Gasteiger charge is -2.09. The molecular formula is C19H18N4. The molecule has 2 aromatic carbocycles. The molecule has 3 aromatic rings. The van der Waals surface area contributed by atoms with E-state index >= 15 is 0 Å². The lowest BCUT2D eigenvalue weighted by molar-refractivity contribution is 0.642. The Hall–Kier alpha value is -3.06. The van der Waals surface area contributed by atoms with E-state index in [-0.39, 0.29) is 0 Å². The third-order valence-corrected chi connectivity index (χ3v) is 3.65. The van der Waals surface area contributed by atoms with Crippen LogP contribution in [-0.2, 0) is 6.54 Å². The van der Waals surface area contributed by atoms with E-state index in [2.05, 4.69) is 27.8 Å². The summed E-state index contributed by atoms with van der Waals surface area (Å²) in [6, 6.07) is 20.5. The average Bonchev–Trinajstić information content (AvgIpc) is 2.87. The largest absolute Gasteiger partial charge is 0.369 e. The van der Waals surface area contributed by atoms with Crippen LogP contribution in [0.5, 0.6) is 0 Å². The van der Waals surface area contributed by atoms with Crippen molar-refractivity contribution in [3.05, 3.63) is 65.7 Å². The fourth-order valence-corrected chi connectivity index (χ4v) is 2.63. The molecule has 0 amide bonds. The van der Waals surface area contributed by atoms with Gasteiger partial charge in [-0.2, -0.15) is 5.26 Å². The van der Waals surface area contributed by atoms with E-state index in [1.165, 1.54) is 5.56 Å². The molecule has 4 heteroatoms. The Morgan fingerprint density at radius 1 is 1.09 bits per heavy atom. The van der Waals surface area contributed by atoms with Crippen LogP contribution < -0.4 is 0 Å². The summed E-state index contributed by atoms with van der Waals surface area (Å²) < 4.78 is 2.10. The predicted octanol–water partition coefficient (Wildman–Crippen LogP) is 3.78. The third kappa shape index (κ3) is 2.95. The number of nitriles is 1. The molecule has 0 saturated heterocycles. The molecule has 4 nitrogen and oxygen atoms in total. The molecule has 23 heavy (non-hydrogen) atoms. The molecule has 0 atom stereocenters. The summed E-state index contributed by atoms with van der Waals surface area (Å²) in [4.78, 5) is 6.42.